The molecule has 1 saturated heterocycles. The van der Waals surface area contributed by atoms with Crippen molar-refractivity contribution in [3.8, 4) is 5.75 Å². The molecule has 0 spiro atoms. The zero-order valence-corrected chi connectivity index (χ0v) is 17.2. The zero-order valence-electron chi connectivity index (χ0n) is 14.8. The maximum atomic E-state index is 11.5. The predicted molar refractivity (Wildman–Crippen MR) is 105 cm³/mol. The van der Waals surface area contributed by atoms with Crippen LogP contribution >= 0.6 is 27.5 Å². The summed E-state index contributed by atoms with van der Waals surface area (Å²) in [5, 5.41) is 11.7. The number of anilines is 1. The molecule has 2 aromatic rings. The Balaban J connectivity index is 1.98. The first-order chi connectivity index (χ1) is 12.9. The maximum Gasteiger partial charge on any atom is 0.312 e. The quantitative estimate of drug-likeness (QED) is 0.379. The van der Waals surface area contributed by atoms with Gasteiger partial charge in [0.25, 0.3) is 0 Å². The highest BCUT2D eigenvalue weighted by Crippen LogP contribution is 2.39. The van der Waals surface area contributed by atoms with Gasteiger partial charge in [-0.15, -0.1) is 0 Å². The number of hydrogen-bond donors (Lipinski definition) is 0. The van der Waals surface area contributed by atoms with E-state index in [0.29, 0.717) is 47.7 Å². The number of nitro benzene ring substituents is 1. The Morgan fingerprint density at radius 3 is 2.74 bits per heavy atom. The highest BCUT2D eigenvalue weighted by atomic mass is 79.9. The number of benzene rings is 1. The van der Waals surface area contributed by atoms with Crippen LogP contribution in [0.3, 0.4) is 0 Å². The Bertz CT molecular complexity index is 861. The Morgan fingerprint density at radius 1 is 1.37 bits per heavy atom. The monoisotopic (exact) mass is 456 g/mol. The van der Waals surface area contributed by atoms with E-state index in [1.165, 1.54) is 12.4 Å². The van der Waals surface area contributed by atoms with Gasteiger partial charge in [0.1, 0.15) is 23.4 Å². The normalized spacial score (nSPS) is 15.5. The summed E-state index contributed by atoms with van der Waals surface area (Å²) in [5.41, 5.74) is 1.12. The van der Waals surface area contributed by atoms with Crippen molar-refractivity contribution in [2.45, 2.75) is 20.0 Å². The minimum atomic E-state index is -0.588. The molecule has 0 unspecified atom stereocenters. The fraction of sp³-hybridized carbons (Fsp3) is 0.412. The molecule has 1 aliphatic heterocycles. The molecule has 0 amide bonds. The summed E-state index contributed by atoms with van der Waals surface area (Å²) in [6, 6.07) is 3.18. The van der Waals surface area contributed by atoms with Gasteiger partial charge < -0.3 is 14.4 Å². The van der Waals surface area contributed by atoms with Crippen LogP contribution in [0.15, 0.2) is 22.9 Å². The van der Waals surface area contributed by atoms with Crippen molar-refractivity contribution in [3.63, 3.8) is 0 Å². The second kappa shape index (κ2) is 8.37. The van der Waals surface area contributed by atoms with Gasteiger partial charge >= 0.3 is 5.69 Å². The molecule has 2 heterocycles. The number of halogens is 2. The summed E-state index contributed by atoms with van der Waals surface area (Å²) in [4.78, 5) is 21.5. The average molecular weight is 458 g/mol. The van der Waals surface area contributed by atoms with Crippen LogP contribution in [0.2, 0.25) is 5.15 Å². The minimum Gasteiger partial charge on any atom is -0.478 e. The first kappa shape index (κ1) is 19.8. The molecule has 0 aliphatic carbocycles. The number of aromatic nitrogens is 2. The van der Waals surface area contributed by atoms with E-state index >= 15 is 0 Å². The summed E-state index contributed by atoms with van der Waals surface area (Å²) in [7, 11) is 0. The summed E-state index contributed by atoms with van der Waals surface area (Å²) in [5.74, 6) is 0.853. The molecule has 8 nitrogen and oxygen atoms in total. The molecule has 0 saturated carbocycles. The van der Waals surface area contributed by atoms with Crippen molar-refractivity contribution < 1.29 is 14.4 Å². The molecule has 1 aromatic heterocycles. The largest absolute Gasteiger partial charge is 0.478 e. The molecule has 1 fully saturated rings. The summed E-state index contributed by atoms with van der Waals surface area (Å²) in [6.45, 7) is 6.06. The van der Waals surface area contributed by atoms with Crippen molar-refractivity contribution in [2.24, 2.45) is 0 Å². The number of aryl methyl sites for hydroxylation is 1. The molecule has 144 valence electrons. The molecule has 1 aliphatic rings. The number of nitrogens with zero attached hydrogens (tertiary/aromatic N) is 4. The maximum absolute atomic E-state index is 11.5. The molecule has 27 heavy (non-hydrogen) atoms. The number of rotatable bonds is 5. The fourth-order valence-electron chi connectivity index (χ4n) is 2.98. The molecule has 0 bridgehead atoms. The van der Waals surface area contributed by atoms with E-state index in [1.807, 2.05) is 0 Å². The third-order valence-electron chi connectivity index (χ3n) is 4.24. The minimum absolute atomic E-state index is 0.116. The van der Waals surface area contributed by atoms with Crippen LogP contribution < -0.4 is 9.64 Å². The lowest BCUT2D eigenvalue weighted by Gasteiger charge is -2.30. The van der Waals surface area contributed by atoms with Crippen LogP contribution in [0, 0.1) is 17.0 Å². The lowest BCUT2D eigenvalue weighted by Crippen LogP contribution is -2.37. The van der Waals surface area contributed by atoms with Crippen molar-refractivity contribution in [2.75, 3.05) is 31.2 Å². The molecule has 0 N–H and O–H groups in total. The van der Waals surface area contributed by atoms with Gasteiger partial charge in [0.2, 0.25) is 5.75 Å². The zero-order chi connectivity index (χ0) is 19.6. The van der Waals surface area contributed by atoms with E-state index in [9.17, 15) is 10.1 Å². The van der Waals surface area contributed by atoms with Crippen molar-refractivity contribution in [3.05, 3.63) is 49.3 Å². The van der Waals surface area contributed by atoms with E-state index in [4.69, 9.17) is 21.1 Å². The van der Waals surface area contributed by atoms with Crippen LogP contribution in [0.1, 0.15) is 24.2 Å². The third kappa shape index (κ3) is 4.31. The Morgan fingerprint density at radius 2 is 2.07 bits per heavy atom. The highest BCUT2D eigenvalue weighted by molar-refractivity contribution is 9.10. The summed E-state index contributed by atoms with van der Waals surface area (Å²) < 4.78 is 12.0. The first-order valence-corrected chi connectivity index (χ1v) is 9.50. The molecule has 1 atom stereocenters. The number of hydrogen-bond acceptors (Lipinski definition) is 7. The second-order valence-electron chi connectivity index (χ2n) is 6.09. The van der Waals surface area contributed by atoms with Gasteiger partial charge in [-0.3, -0.25) is 10.1 Å². The molecule has 3 rings (SSSR count). The molecular formula is C17H18BrClN4O4. The van der Waals surface area contributed by atoms with Crippen LogP contribution in [0.25, 0.3) is 0 Å². The average Bonchev–Trinajstić information content (AvgIpc) is 2.63. The lowest BCUT2D eigenvalue weighted by atomic mass is 10.1. The highest BCUT2D eigenvalue weighted by Gasteiger charge is 2.27. The number of morpholine rings is 1. The summed E-state index contributed by atoms with van der Waals surface area (Å²) in [6.07, 6.45) is 0.812. The van der Waals surface area contributed by atoms with Crippen molar-refractivity contribution in [1.29, 1.82) is 0 Å². The number of nitro groups is 1. The van der Waals surface area contributed by atoms with E-state index in [-0.39, 0.29) is 16.6 Å². The fourth-order valence-corrected chi connectivity index (χ4v) is 3.82. The second-order valence-corrected chi connectivity index (χ2v) is 7.36. The Hall–Kier alpha value is -1.97. The van der Waals surface area contributed by atoms with Gasteiger partial charge in [-0.25, -0.2) is 9.97 Å². The molecular weight excluding hydrogens is 440 g/mol. The first-order valence-electron chi connectivity index (χ1n) is 8.32. The van der Waals surface area contributed by atoms with Gasteiger partial charge in [0.15, 0.2) is 0 Å². The number of ether oxygens (including phenoxy) is 2. The third-order valence-corrected chi connectivity index (χ3v) is 5.00. The summed E-state index contributed by atoms with van der Waals surface area (Å²) >= 11 is 9.63. The van der Waals surface area contributed by atoms with E-state index in [1.54, 1.807) is 19.9 Å². The smallest absolute Gasteiger partial charge is 0.312 e. The van der Waals surface area contributed by atoms with E-state index < -0.39 is 11.0 Å². The van der Waals surface area contributed by atoms with Crippen molar-refractivity contribution in [1.82, 2.24) is 9.97 Å². The van der Waals surface area contributed by atoms with Crippen LogP contribution in [-0.4, -0.2) is 41.2 Å². The molecule has 0 radical (unpaired) electrons. The molecule has 10 heteroatoms. The van der Waals surface area contributed by atoms with Gasteiger partial charge in [-0.1, -0.05) is 27.5 Å². The lowest BCUT2D eigenvalue weighted by molar-refractivity contribution is -0.386. The van der Waals surface area contributed by atoms with Gasteiger partial charge in [0, 0.05) is 23.6 Å². The van der Waals surface area contributed by atoms with Crippen molar-refractivity contribution >= 4 is 39.0 Å². The Kier molecular flexibility index (Phi) is 6.13. The SMILES string of the molecule is Cc1cc(Br)cc([N+](=O)[O-])c1O[C@@H](C)c1c(Cl)ncnc1N1CCOCC1. The van der Waals surface area contributed by atoms with E-state index in [0.717, 1.165) is 0 Å². The predicted octanol–water partition coefficient (Wildman–Crippen LogP) is 4.09. The Labute approximate surface area is 169 Å². The topological polar surface area (TPSA) is 90.6 Å². The molecule has 1 aromatic carbocycles. The standard InChI is InChI=1S/C17H18BrClN4O4/c1-10-7-12(18)8-13(23(24)25)15(10)27-11(2)14-16(19)20-9-21-17(14)22-3-5-26-6-4-22/h7-9,11H,3-6H2,1-2H3/t11-/m0/s1. The van der Waals surface area contributed by atoms with Crippen LogP contribution in [0.5, 0.6) is 5.75 Å². The van der Waals surface area contributed by atoms with Crippen LogP contribution in [-0.2, 0) is 4.74 Å². The van der Waals surface area contributed by atoms with Gasteiger partial charge in [-0.05, 0) is 25.5 Å². The van der Waals surface area contributed by atoms with Crippen LogP contribution in [0.4, 0.5) is 11.5 Å². The van der Waals surface area contributed by atoms with Gasteiger partial charge in [0.05, 0.1) is 23.7 Å². The van der Waals surface area contributed by atoms with Gasteiger partial charge in [-0.2, -0.15) is 0 Å². The van der Waals surface area contributed by atoms with E-state index in [2.05, 4.69) is 30.8 Å².